The number of carbonyl (C=O) groups is 2. The third kappa shape index (κ3) is 11.1. The molecule has 0 saturated carbocycles. The van der Waals surface area contributed by atoms with Crippen LogP contribution < -0.4 is 5.32 Å². The van der Waals surface area contributed by atoms with Gasteiger partial charge in [-0.05, 0) is 41.0 Å². The SMILES string of the molecule is CCCOCC[C@H](C)OC(=O)[C@H](C)NC(=O)OC(C)(C)C. The maximum atomic E-state index is 11.8. The molecule has 1 amide bonds. The molecule has 6 nitrogen and oxygen atoms in total. The predicted molar refractivity (Wildman–Crippen MR) is 80.1 cm³/mol. The van der Waals surface area contributed by atoms with E-state index in [0.29, 0.717) is 19.6 Å². The fourth-order valence-electron chi connectivity index (χ4n) is 1.40. The topological polar surface area (TPSA) is 73.9 Å². The van der Waals surface area contributed by atoms with Crippen molar-refractivity contribution in [3.05, 3.63) is 0 Å². The second kappa shape index (κ2) is 9.60. The van der Waals surface area contributed by atoms with Gasteiger partial charge in [-0.1, -0.05) is 6.92 Å². The van der Waals surface area contributed by atoms with Crippen molar-refractivity contribution in [2.75, 3.05) is 13.2 Å². The number of hydrogen-bond donors (Lipinski definition) is 1. The van der Waals surface area contributed by atoms with Crippen LogP contribution in [-0.4, -0.2) is 43.0 Å². The average Bonchev–Trinajstić information content (AvgIpc) is 2.32. The van der Waals surface area contributed by atoms with E-state index < -0.39 is 23.7 Å². The van der Waals surface area contributed by atoms with Gasteiger partial charge in [-0.2, -0.15) is 0 Å². The lowest BCUT2D eigenvalue weighted by Crippen LogP contribution is -2.43. The zero-order chi connectivity index (χ0) is 16.5. The standard InChI is InChI=1S/C15H29NO5/c1-7-9-19-10-8-11(2)20-13(17)12(3)16-14(18)21-15(4,5)6/h11-12H,7-10H2,1-6H3,(H,16,18)/t11-,12-/m0/s1. The zero-order valence-electron chi connectivity index (χ0n) is 14.0. The van der Waals surface area contributed by atoms with Crippen LogP contribution in [0, 0.1) is 0 Å². The van der Waals surface area contributed by atoms with Crippen molar-refractivity contribution in [1.82, 2.24) is 5.32 Å². The van der Waals surface area contributed by atoms with Crippen molar-refractivity contribution in [1.29, 1.82) is 0 Å². The Morgan fingerprint density at radius 2 is 1.76 bits per heavy atom. The van der Waals surface area contributed by atoms with Crippen LogP contribution in [0.25, 0.3) is 0 Å². The molecule has 0 radical (unpaired) electrons. The largest absolute Gasteiger partial charge is 0.461 e. The van der Waals surface area contributed by atoms with E-state index in [1.165, 1.54) is 0 Å². The van der Waals surface area contributed by atoms with Gasteiger partial charge < -0.3 is 19.5 Å². The number of hydrogen-bond acceptors (Lipinski definition) is 5. The van der Waals surface area contributed by atoms with Gasteiger partial charge in [-0.15, -0.1) is 0 Å². The summed E-state index contributed by atoms with van der Waals surface area (Å²) in [7, 11) is 0. The monoisotopic (exact) mass is 303 g/mol. The van der Waals surface area contributed by atoms with Crippen LogP contribution >= 0.6 is 0 Å². The molecule has 0 rings (SSSR count). The minimum atomic E-state index is -0.751. The van der Waals surface area contributed by atoms with Gasteiger partial charge in [0.15, 0.2) is 0 Å². The summed E-state index contributed by atoms with van der Waals surface area (Å²) in [5.41, 5.74) is -0.600. The molecule has 0 heterocycles. The molecular formula is C15H29NO5. The Kier molecular flexibility index (Phi) is 9.01. The molecule has 21 heavy (non-hydrogen) atoms. The number of carbonyl (C=O) groups excluding carboxylic acids is 2. The van der Waals surface area contributed by atoms with E-state index in [0.717, 1.165) is 6.42 Å². The minimum Gasteiger partial charge on any atom is -0.461 e. The maximum absolute atomic E-state index is 11.8. The lowest BCUT2D eigenvalue weighted by atomic mass is 10.2. The van der Waals surface area contributed by atoms with E-state index in [1.807, 2.05) is 6.92 Å². The highest BCUT2D eigenvalue weighted by Crippen LogP contribution is 2.07. The predicted octanol–water partition coefficient (Wildman–Crippen LogP) is 2.65. The molecule has 0 aliphatic rings. The minimum absolute atomic E-state index is 0.253. The molecule has 6 heteroatoms. The molecule has 0 spiro atoms. The molecule has 0 aromatic heterocycles. The number of amides is 1. The molecule has 0 saturated heterocycles. The second-order valence-electron chi connectivity index (χ2n) is 6.02. The summed E-state index contributed by atoms with van der Waals surface area (Å²) < 4.78 is 15.6. The van der Waals surface area contributed by atoms with E-state index in [1.54, 1.807) is 34.6 Å². The van der Waals surface area contributed by atoms with Crippen molar-refractivity contribution in [2.45, 2.75) is 72.1 Å². The first-order chi connectivity index (χ1) is 9.65. The van der Waals surface area contributed by atoms with Crippen LogP contribution in [0.4, 0.5) is 4.79 Å². The molecular weight excluding hydrogens is 274 g/mol. The first-order valence-corrected chi connectivity index (χ1v) is 7.43. The quantitative estimate of drug-likeness (QED) is 0.551. The van der Waals surface area contributed by atoms with Crippen molar-refractivity contribution in [2.24, 2.45) is 0 Å². The first-order valence-electron chi connectivity index (χ1n) is 7.43. The highest BCUT2D eigenvalue weighted by Gasteiger charge is 2.23. The molecule has 0 aromatic carbocycles. The van der Waals surface area contributed by atoms with Gasteiger partial charge in [0.2, 0.25) is 0 Å². The van der Waals surface area contributed by atoms with Crippen LogP contribution in [0.5, 0.6) is 0 Å². The highest BCUT2D eigenvalue weighted by atomic mass is 16.6. The third-order valence-corrected chi connectivity index (χ3v) is 2.42. The Hall–Kier alpha value is -1.30. The van der Waals surface area contributed by atoms with Gasteiger partial charge in [0, 0.05) is 13.0 Å². The molecule has 0 aliphatic heterocycles. The number of esters is 1. The molecule has 2 atom stereocenters. The Morgan fingerprint density at radius 3 is 2.29 bits per heavy atom. The first kappa shape index (κ1) is 19.7. The van der Waals surface area contributed by atoms with Crippen molar-refractivity contribution < 1.29 is 23.8 Å². The molecule has 0 aliphatic carbocycles. The van der Waals surface area contributed by atoms with E-state index in [9.17, 15) is 9.59 Å². The number of rotatable bonds is 8. The second-order valence-corrected chi connectivity index (χ2v) is 6.02. The fourth-order valence-corrected chi connectivity index (χ4v) is 1.40. The number of ether oxygens (including phenoxy) is 3. The Labute approximate surface area is 127 Å². The average molecular weight is 303 g/mol. The van der Waals surface area contributed by atoms with Gasteiger partial charge in [0.1, 0.15) is 17.7 Å². The van der Waals surface area contributed by atoms with E-state index in [4.69, 9.17) is 14.2 Å². The maximum Gasteiger partial charge on any atom is 0.408 e. The Balaban J connectivity index is 4.01. The molecule has 1 N–H and O–H groups in total. The molecule has 0 fully saturated rings. The molecule has 0 aromatic rings. The van der Waals surface area contributed by atoms with Crippen LogP contribution in [0.2, 0.25) is 0 Å². The van der Waals surface area contributed by atoms with Gasteiger partial charge in [-0.25, -0.2) is 9.59 Å². The summed E-state index contributed by atoms with van der Waals surface area (Å²) in [6, 6.07) is -0.751. The van der Waals surface area contributed by atoms with Crippen molar-refractivity contribution >= 4 is 12.1 Å². The van der Waals surface area contributed by atoms with E-state index >= 15 is 0 Å². The summed E-state index contributed by atoms with van der Waals surface area (Å²) in [5, 5.41) is 2.45. The summed E-state index contributed by atoms with van der Waals surface area (Å²) >= 11 is 0. The Morgan fingerprint density at radius 1 is 1.14 bits per heavy atom. The lowest BCUT2D eigenvalue weighted by molar-refractivity contribution is -0.151. The van der Waals surface area contributed by atoms with Crippen LogP contribution in [0.1, 0.15) is 54.4 Å². The van der Waals surface area contributed by atoms with E-state index in [2.05, 4.69) is 5.32 Å². The van der Waals surface area contributed by atoms with Gasteiger partial charge >= 0.3 is 12.1 Å². The van der Waals surface area contributed by atoms with Gasteiger partial charge in [-0.3, -0.25) is 0 Å². The summed E-state index contributed by atoms with van der Waals surface area (Å²) in [6.45, 7) is 11.9. The summed E-state index contributed by atoms with van der Waals surface area (Å²) in [6.07, 6.45) is 0.707. The number of nitrogens with one attached hydrogen (secondary N) is 1. The van der Waals surface area contributed by atoms with E-state index in [-0.39, 0.29) is 6.10 Å². The molecule has 0 unspecified atom stereocenters. The molecule has 0 bridgehead atoms. The summed E-state index contributed by atoms with van der Waals surface area (Å²) in [5.74, 6) is -0.483. The summed E-state index contributed by atoms with van der Waals surface area (Å²) in [4.78, 5) is 23.4. The van der Waals surface area contributed by atoms with Gasteiger partial charge in [0.25, 0.3) is 0 Å². The van der Waals surface area contributed by atoms with Crippen molar-refractivity contribution in [3.63, 3.8) is 0 Å². The van der Waals surface area contributed by atoms with Crippen LogP contribution in [-0.2, 0) is 19.0 Å². The number of alkyl carbamates (subject to hydrolysis) is 1. The zero-order valence-corrected chi connectivity index (χ0v) is 14.0. The molecule has 124 valence electrons. The normalized spacial score (nSPS) is 14.2. The van der Waals surface area contributed by atoms with Crippen LogP contribution in [0.3, 0.4) is 0 Å². The Bertz CT molecular complexity index is 325. The highest BCUT2D eigenvalue weighted by molar-refractivity contribution is 5.81. The third-order valence-electron chi connectivity index (χ3n) is 2.42. The fraction of sp³-hybridized carbons (Fsp3) is 0.867. The lowest BCUT2D eigenvalue weighted by Gasteiger charge is -2.22. The van der Waals surface area contributed by atoms with Crippen LogP contribution in [0.15, 0.2) is 0 Å². The van der Waals surface area contributed by atoms with Gasteiger partial charge in [0.05, 0.1) is 6.61 Å². The smallest absolute Gasteiger partial charge is 0.408 e. The van der Waals surface area contributed by atoms with Crippen molar-refractivity contribution in [3.8, 4) is 0 Å².